The smallest absolute Gasteiger partial charge is 0.135 e. The quantitative estimate of drug-likeness (QED) is 0.927. The summed E-state index contributed by atoms with van der Waals surface area (Å²) in [6, 6.07) is 7.42. The molecule has 0 aliphatic rings. The van der Waals surface area contributed by atoms with Gasteiger partial charge in [-0.15, -0.1) is 0 Å². The van der Waals surface area contributed by atoms with Crippen LogP contribution in [-0.4, -0.2) is 17.0 Å². The lowest BCUT2D eigenvalue weighted by molar-refractivity contribution is 0.908. The van der Waals surface area contributed by atoms with Gasteiger partial charge in [-0.25, -0.2) is 9.97 Å². The first-order valence-corrected chi connectivity index (χ1v) is 6.86. The standard InChI is InChI=1S/C14H15Cl2N3/c1-3-11-8-13(17-2)19-14(18-11)6-9-4-5-10(15)7-12(9)16/h4-5,7-8H,3,6H2,1-2H3,(H,17,18,19). The third kappa shape index (κ3) is 3.58. The van der Waals surface area contributed by atoms with Gasteiger partial charge in [-0.05, 0) is 24.1 Å². The molecule has 0 aliphatic carbocycles. The van der Waals surface area contributed by atoms with Crippen LogP contribution >= 0.6 is 23.2 Å². The van der Waals surface area contributed by atoms with E-state index in [2.05, 4.69) is 22.2 Å². The highest BCUT2D eigenvalue weighted by atomic mass is 35.5. The molecule has 0 atom stereocenters. The number of hydrogen-bond donors (Lipinski definition) is 1. The molecule has 1 N–H and O–H groups in total. The van der Waals surface area contributed by atoms with E-state index in [1.165, 1.54) is 0 Å². The summed E-state index contributed by atoms with van der Waals surface area (Å²) in [5, 5.41) is 4.32. The first-order chi connectivity index (χ1) is 9.12. The molecule has 0 aliphatic heterocycles. The maximum Gasteiger partial charge on any atom is 0.135 e. The number of aromatic nitrogens is 2. The van der Waals surface area contributed by atoms with E-state index in [0.717, 1.165) is 29.3 Å². The van der Waals surface area contributed by atoms with Gasteiger partial charge in [-0.1, -0.05) is 36.2 Å². The van der Waals surface area contributed by atoms with Crippen LogP contribution in [0.25, 0.3) is 0 Å². The highest BCUT2D eigenvalue weighted by molar-refractivity contribution is 6.35. The van der Waals surface area contributed by atoms with E-state index < -0.39 is 0 Å². The third-order valence-corrected chi connectivity index (χ3v) is 3.39. The maximum absolute atomic E-state index is 6.17. The van der Waals surface area contributed by atoms with E-state index in [1.54, 1.807) is 6.07 Å². The molecular formula is C14H15Cl2N3. The van der Waals surface area contributed by atoms with Gasteiger partial charge in [-0.2, -0.15) is 0 Å². The number of halogens is 2. The SMILES string of the molecule is CCc1cc(NC)nc(Cc2ccc(Cl)cc2Cl)n1. The minimum absolute atomic E-state index is 0.596. The van der Waals surface area contributed by atoms with Crippen LogP contribution in [-0.2, 0) is 12.8 Å². The van der Waals surface area contributed by atoms with Gasteiger partial charge in [0.25, 0.3) is 0 Å². The lowest BCUT2D eigenvalue weighted by Crippen LogP contribution is -2.04. The Kier molecular flexibility index (Phi) is 4.61. The van der Waals surface area contributed by atoms with Crippen LogP contribution in [0.4, 0.5) is 5.82 Å². The molecule has 0 fully saturated rings. The molecule has 3 nitrogen and oxygen atoms in total. The van der Waals surface area contributed by atoms with Gasteiger partial charge in [0.05, 0.1) is 0 Å². The Hall–Kier alpha value is -1.32. The van der Waals surface area contributed by atoms with Crippen molar-refractivity contribution in [1.29, 1.82) is 0 Å². The second kappa shape index (κ2) is 6.22. The Morgan fingerprint density at radius 1 is 1.16 bits per heavy atom. The summed E-state index contributed by atoms with van der Waals surface area (Å²) < 4.78 is 0. The van der Waals surface area contributed by atoms with Gasteiger partial charge in [0, 0.05) is 35.3 Å². The molecule has 19 heavy (non-hydrogen) atoms. The van der Waals surface area contributed by atoms with Gasteiger partial charge >= 0.3 is 0 Å². The summed E-state index contributed by atoms with van der Waals surface area (Å²) in [5.41, 5.74) is 1.99. The van der Waals surface area contributed by atoms with E-state index in [0.29, 0.717) is 16.5 Å². The molecule has 0 amide bonds. The van der Waals surface area contributed by atoms with Gasteiger partial charge in [0.1, 0.15) is 11.6 Å². The molecule has 0 radical (unpaired) electrons. The van der Waals surface area contributed by atoms with Crippen molar-refractivity contribution in [3.8, 4) is 0 Å². The lowest BCUT2D eigenvalue weighted by Gasteiger charge is -2.08. The third-order valence-electron chi connectivity index (χ3n) is 2.81. The highest BCUT2D eigenvalue weighted by Crippen LogP contribution is 2.23. The average Bonchev–Trinajstić information content (AvgIpc) is 2.41. The largest absolute Gasteiger partial charge is 0.373 e. The minimum atomic E-state index is 0.596. The van der Waals surface area contributed by atoms with Crippen LogP contribution in [0.3, 0.4) is 0 Å². The van der Waals surface area contributed by atoms with Crippen molar-refractivity contribution < 1.29 is 0 Å². The minimum Gasteiger partial charge on any atom is -0.373 e. The maximum atomic E-state index is 6.17. The molecule has 100 valence electrons. The lowest BCUT2D eigenvalue weighted by atomic mass is 10.1. The predicted octanol–water partition coefficient (Wildman–Crippen LogP) is 3.98. The molecule has 0 saturated heterocycles. The molecular weight excluding hydrogens is 281 g/mol. The van der Waals surface area contributed by atoms with E-state index >= 15 is 0 Å². The Morgan fingerprint density at radius 2 is 1.95 bits per heavy atom. The monoisotopic (exact) mass is 295 g/mol. The van der Waals surface area contributed by atoms with Gasteiger partial charge in [0.15, 0.2) is 0 Å². The number of aryl methyl sites for hydroxylation is 1. The van der Waals surface area contributed by atoms with E-state index in [4.69, 9.17) is 23.2 Å². The molecule has 2 rings (SSSR count). The van der Waals surface area contributed by atoms with Gasteiger partial charge < -0.3 is 5.32 Å². The predicted molar refractivity (Wildman–Crippen MR) is 80.2 cm³/mol. The number of benzene rings is 1. The molecule has 1 aromatic heterocycles. The zero-order valence-electron chi connectivity index (χ0n) is 10.9. The summed E-state index contributed by atoms with van der Waals surface area (Å²) in [6.45, 7) is 2.07. The van der Waals surface area contributed by atoms with Crippen LogP contribution in [0.5, 0.6) is 0 Å². The number of nitrogens with one attached hydrogen (secondary N) is 1. The summed E-state index contributed by atoms with van der Waals surface area (Å²) in [5.74, 6) is 1.58. The van der Waals surface area contributed by atoms with Crippen molar-refractivity contribution in [3.05, 3.63) is 51.4 Å². The van der Waals surface area contributed by atoms with E-state index in [1.807, 2.05) is 25.2 Å². The number of rotatable bonds is 4. The molecule has 0 spiro atoms. The summed E-state index contributed by atoms with van der Waals surface area (Å²) >= 11 is 12.1. The molecule has 0 unspecified atom stereocenters. The number of nitrogens with zero attached hydrogens (tertiary/aromatic N) is 2. The van der Waals surface area contributed by atoms with E-state index in [-0.39, 0.29) is 0 Å². The topological polar surface area (TPSA) is 37.8 Å². The fourth-order valence-corrected chi connectivity index (χ4v) is 2.25. The first-order valence-electron chi connectivity index (χ1n) is 6.11. The van der Waals surface area contributed by atoms with Crippen LogP contribution in [0, 0.1) is 0 Å². The van der Waals surface area contributed by atoms with Crippen molar-refractivity contribution in [2.24, 2.45) is 0 Å². The number of hydrogen-bond acceptors (Lipinski definition) is 3. The van der Waals surface area contributed by atoms with Gasteiger partial charge in [-0.3, -0.25) is 0 Å². The Bertz CT molecular complexity index is 563. The van der Waals surface area contributed by atoms with Crippen molar-refractivity contribution in [3.63, 3.8) is 0 Å². The summed E-state index contributed by atoms with van der Waals surface area (Å²) in [7, 11) is 1.85. The van der Waals surface area contributed by atoms with Crippen molar-refractivity contribution in [2.45, 2.75) is 19.8 Å². The second-order valence-corrected chi connectivity index (χ2v) is 5.02. The Balaban J connectivity index is 2.31. The van der Waals surface area contributed by atoms with Crippen molar-refractivity contribution in [1.82, 2.24) is 9.97 Å². The Labute approximate surface area is 123 Å². The van der Waals surface area contributed by atoms with Crippen molar-refractivity contribution >= 4 is 29.0 Å². The molecule has 2 aromatic rings. The molecule has 1 heterocycles. The molecule has 0 saturated carbocycles. The fraction of sp³-hybridized carbons (Fsp3) is 0.286. The van der Waals surface area contributed by atoms with Gasteiger partial charge in [0.2, 0.25) is 0 Å². The first kappa shape index (κ1) is 14.1. The normalized spacial score (nSPS) is 10.5. The van der Waals surface area contributed by atoms with Crippen LogP contribution in [0.1, 0.15) is 24.0 Å². The molecule has 5 heteroatoms. The van der Waals surface area contributed by atoms with Crippen LogP contribution in [0.2, 0.25) is 10.0 Å². The zero-order valence-corrected chi connectivity index (χ0v) is 12.4. The fourth-order valence-electron chi connectivity index (χ4n) is 1.78. The summed E-state index contributed by atoms with van der Waals surface area (Å²) in [6.07, 6.45) is 1.47. The highest BCUT2D eigenvalue weighted by Gasteiger charge is 2.07. The Morgan fingerprint density at radius 3 is 2.58 bits per heavy atom. The zero-order chi connectivity index (χ0) is 13.8. The molecule has 0 bridgehead atoms. The van der Waals surface area contributed by atoms with Crippen molar-refractivity contribution in [2.75, 3.05) is 12.4 Å². The molecule has 1 aromatic carbocycles. The second-order valence-electron chi connectivity index (χ2n) is 4.18. The number of anilines is 1. The van der Waals surface area contributed by atoms with Crippen LogP contribution < -0.4 is 5.32 Å². The summed E-state index contributed by atoms with van der Waals surface area (Å²) in [4.78, 5) is 8.96. The van der Waals surface area contributed by atoms with E-state index in [9.17, 15) is 0 Å². The average molecular weight is 296 g/mol. The van der Waals surface area contributed by atoms with Crippen LogP contribution in [0.15, 0.2) is 24.3 Å².